The molecule has 1 saturated carbocycles. The Morgan fingerprint density at radius 2 is 1.37 bits per heavy atom. The molecule has 1 aliphatic carbocycles. The fraction of sp³-hybridized carbons (Fsp3) is 0.708. The Balaban J connectivity index is 2.51. The smallest absolute Gasteiger partial charge is 0.326 e. The van der Waals surface area contributed by atoms with Crippen molar-refractivity contribution in [1.29, 1.82) is 0 Å². The molecular weight excluding hydrogens is 504 g/mol. The molecule has 1 rings (SSSR count). The molecule has 4 amide bonds. The van der Waals surface area contributed by atoms with Gasteiger partial charge in [-0.3, -0.25) is 24.0 Å². The van der Waals surface area contributed by atoms with Crippen LogP contribution in [-0.2, 0) is 28.8 Å². The normalized spacial score (nSPS) is 18.5. The fourth-order valence-electron chi connectivity index (χ4n) is 4.13. The number of ketones is 1. The molecular formula is C24H38N4O10. The Hall–Kier alpha value is -3.71. The summed E-state index contributed by atoms with van der Waals surface area (Å²) < 4.78 is 0. The molecule has 2 atom stereocenters. The van der Waals surface area contributed by atoms with Crippen LogP contribution in [0.2, 0.25) is 0 Å². The monoisotopic (exact) mass is 542 g/mol. The molecule has 1 aliphatic rings. The summed E-state index contributed by atoms with van der Waals surface area (Å²) >= 11 is 0. The summed E-state index contributed by atoms with van der Waals surface area (Å²) in [7, 11) is 0. The van der Waals surface area contributed by atoms with Gasteiger partial charge in [0.15, 0.2) is 5.78 Å². The van der Waals surface area contributed by atoms with Crippen LogP contribution in [0.4, 0.5) is 4.79 Å². The molecule has 214 valence electrons. The zero-order chi connectivity index (χ0) is 28.8. The predicted octanol–water partition coefficient (Wildman–Crippen LogP) is 0.101. The van der Waals surface area contributed by atoms with E-state index in [0.29, 0.717) is 32.2 Å². The van der Waals surface area contributed by atoms with Gasteiger partial charge in [0.2, 0.25) is 11.8 Å². The molecule has 0 aromatic carbocycles. The molecule has 0 aromatic heterocycles. The highest BCUT2D eigenvalue weighted by Gasteiger charge is 2.30. The SMILES string of the molecule is CC(C)C(=O)C(CCC(=O)O)NC(=O)CCC(NC(=O)C1CCC(CNC(=O)NCC(=O)O)CC1)C(=O)O. The first kappa shape index (κ1) is 32.3. The van der Waals surface area contributed by atoms with Crippen LogP contribution < -0.4 is 21.3 Å². The lowest BCUT2D eigenvalue weighted by Crippen LogP contribution is -2.46. The standard InChI is InChI=1S/C24H38N4O10/c1-13(2)21(34)16(8-10-19(30)31)27-18(29)9-7-17(23(36)37)28-22(35)15-5-3-14(4-6-15)11-25-24(38)26-12-20(32)33/h13-17H,3-12H2,1-2H3,(H,27,29)(H,28,35)(H,30,31)(H,32,33)(H,36,37)(H2,25,26,38). The van der Waals surface area contributed by atoms with E-state index >= 15 is 0 Å². The van der Waals surface area contributed by atoms with Crippen LogP contribution >= 0.6 is 0 Å². The minimum Gasteiger partial charge on any atom is -0.481 e. The molecule has 1 fully saturated rings. The van der Waals surface area contributed by atoms with Crippen LogP contribution in [0.1, 0.15) is 65.2 Å². The number of urea groups is 1. The maximum Gasteiger partial charge on any atom is 0.326 e. The van der Waals surface area contributed by atoms with Gasteiger partial charge < -0.3 is 36.6 Å². The summed E-state index contributed by atoms with van der Waals surface area (Å²) in [6.45, 7) is 3.08. The Bertz CT molecular complexity index is 883. The van der Waals surface area contributed by atoms with Gasteiger partial charge >= 0.3 is 23.9 Å². The van der Waals surface area contributed by atoms with Crippen molar-refractivity contribution in [3.8, 4) is 0 Å². The number of Topliss-reactive ketones (excluding diaryl/α,β-unsaturated/α-hetero) is 1. The predicted molar refractivity (Wildman–Crippen MR) is 132 cm³/mol. The second-order valence-electron chi connectivity index (χ2n) is 9.72. The molecule has 7 N–H and O–H groups in total. The Morgan fingerprint density at radius 3 is 1.89 bits per heavy atom. The van der Waals surface area contributed by atoms with E-state index < -0.39 is 66.2 Å². The van der Waals surface area contributed by atoms with Crippen molar-refractivity contribution in [3.63, 3.8) is 0 Å². The number of carbonyl (C=O) groups excluding carboxylic acids is 4. The third-order valence-corrected chi connectivity index (χ3v) is 6.34. The van der Waals surface area contributed by atoms with Crippen molar-refractivity contribution in [2.75, 3.05) is 13.1 Å². The minimum atomic E-state index is -1.32. The second-order valence-corrected chi connectivity index (χ2v) is 9.72. The molecule has 0 saturated heterocycles. The highest BCUT2D eigenvalue weighted by molar-refractivity contribution is 5.91. The Labute approximate surface area is 220 Å². The zero-order valence-corrected chi connectivity index (χ0v) is 21.7. The van der Waals surface area contributed by atoms with Gasteiger partial charge in [-0.05, 0) is 44.4 Å². The van der Waals surface area contributed by atoms with E-state index in [1.807, 2.05) is 0 Å². The maximum atomic E-state index is 12.7. The van der Waals surface area contributed by atoms with Crippen molar-refractivity contribution in [1.82, 2.24) is 21.3 Å². The number of nitrogens with one attached hydrogen (secondary N) is 4. The molecule has 0 aliphatic heterocycles. The number of hydrogen-bond donors (Lipinski definition) is 7. The van der Waals surface area contributed by atoms with Crippen LogP contribution in [-0.4, -0.2) is 82.0 Å². The van der Waals surface area contributed by atoms with Crippen LogP contribution in [0.25, 0.3) is 0 Å². The first-order valence-corrected chi connectivity index (χ1v) is 12.6. The highest BCUT2D eigenvalue weighted by atomic mass is 16.4. The van der Waals surface area contributed by atoms with Gasteiger partial charge in [-0.15, -0.1) is 0 Å². The Kier molecular flexibility index (Phi) is 13.8. The molecule has 2 unspecified atom stereocenters. The van der Waals surface area contributed by atoms with Gasteiger partial charge in [-0.2, -0.15) is 0 Å². The van der Waals surface area contributed by atoms with Crippen LogP contribution in [0.5, 0.6) is 0 Å². The Morgan fingerprint density at radius 1 is 0.763 bits per heavy atom. The van der Waals surface area contributed by atoms with Crippen LogP contribution in [0.3, 0.4) is 0 Å². The molecule has 0 radical (unpaired) electrons. The number of rotatable bonds is 16. The zero-order valence-electron chi connectivity index (χ0n) is 21.7. The van der Waals surface area contributed by atoms with E-state index in [-0.39, 0.29) is 37.4 Å². The maximum absolute atomic E-state index is 12.7. The van der Waals surface area contributed by atoms with E-state index in [2.05, 4.69) is 21.3 Å². The van der Waals surface area contributed by atoms with Crippen molar-refractivity contribution in [2.24, 2.45) is 17.8 Å². The number of carbonyl (C=O) groups is 7. The third-order valence-electron chi connectivity index (χ3n) is 6.34. The number of carboxylic acid groups (broad SMARTS) is 3. The number of aliphatic carboxylic acids is 3. The third kappa shape index (κ3) is 12.5. The molecule has 0 heterocycles. The summed E-state index contributed by atoms with van der Waals surface area (Å²) in [4.78, 5) is 81.9. The first-order valence-electron chi connectivity index (χ1n) is 12.6. The van der Waals surface area contributed by atoms with E-state index in [0.717, 1.165) is 0 Å². The molecule has 0 bridgehead atoms. The van der Waals surface area contributed by atoms with Crippen LogP contribution in [0.15, 0.2) is 0 Å². The minimum absolute atomic E-state index is 0.0810. The van der Waals surface area contributed by atoms with E-state index in [1.54, 1.807) is 13.8 Å². The summed E-state index contributed by atoms with van der Waals surface area (Å²) in [5, 5.41) is 36.7. The molecule has 0 aromatic rings. The van der Waals surface area contributed by atoms with E-state index in [9.17, 15) is 38.7 Å². The quantitative estimate of drug-likeness (QED) is 0.139. The average Bonchev–Trinajstić information content (AvgIpc) is 2.85. The lowest BCUT2D eigenvalue weighted by atomic mass is 9.81. The second kappa shape index (κ2) is 16.2. The molecule has 38 heavy (non-hydrogen) atoms. The van der Waals surface area contributed by atoms with Gasteiger partial charge in [0.1, 0.15) is 12.6 Å². The van der Waals surface area contributed by atoms with Crippen molar-refractivity contribution in [3.05, 3.63) is 0 Å². The largest absolute Gasteiger partial charge is 0.481 e. The van der Waals surface area contributed by atoms with Gasteiger partial charge in [-0.1, -0.05) is 13.8 Å². The number of hydrogen-bond acceptors (Lipinski definition) is 7. The molecule has 0 spiro atoms. The summed E-state index contributed by atoms with van der Waals surface area (Å²) in [6, 6.07) is -2.91. The van der Waals surface area contributed by atoms with Gasteiger partial charge in [-0.25, -0.2) is 9.59 Å². The fourth-order valence-corrected chi connectivity index (χ4v) is 4.13. The highest BCUT2D eigenvalue weighted by Crippen LogP contribution is 2.28. The van der Waals surface area contributed by atoms with Gasteiger partial charge in [0, 0.05) is 31.2 Å². The van der Waals surface area contributed by atoms with Crippen LogP contribution in [0, 0.1) is 17.8 Å². The average molecular weight is 543 g/mol. The summed E-state index contributed by atoms with van der Waals surface area (Å²) in [6.07, 6.45) is 1.29. The molecule has 14 nitrogen and oxygen atoms in total. The lowest BCUT2D eigenvalue weighted by molar-refractivity contribution is -0.143. The number of amides is 4. The topological polar surface area (TPSA) is 228 Å². The number of carboxylic acids is 3. The van der Waals surface area contributed by atoms with E-state index in [4.69, 9.17) is 10.2 Å². The first-order chi connectivity index (χ1) is 17.8. The van der Waals surface area contributed by atoms with Crippen molar-refractivity contribution < 1.29 is 48.9 Å². The molecule has 14 heteroatoms. The van der Waals surface area contributed by atoms with Crippen molar-refractivity contribution >= 4 is 41.5 Å². The van der Waals surface area contributed by atoms with Gasteiger partial charge in [0.25, 0.3) is 0 Å². The summed E-state index contributed by atoms with van der Waals surface area (Å²) in [5.74, 6) is -5.73. The lowest BCUT2D eigenvalue weighted by Gasteiger charge is -2.28. The van der Waals surface area contributed by atoms with Crippen molar-refractivity contribution in [2.45, 2.75) is 77.3 Å². The van der Waals surface area contributed by atoms with E-state index in [1.165, 1.54) is 0 Å². The summed E-state index contributed by atoms with van der Waals surface area (Å²) in [5.41, 5.74) is 0. The van der Waals surface area contributed by atoms with Gasteiger partial charge in [0.05, 0.1) is 6.04 Å².